The molecule has 106 valence electrons. The molecule has 1 N–H and O–H groups in total. The number of nitrogens with one attached hydrogen (secondary N) is 1. The molecule has 7 heteroatoms. The van der Waals surface area contributed by atoms with E-state index in [0.29, 0.717) is 19.6 Å². The lowest BCUT2D eigenvalue weighted by Gasteiger charge is -2.31. The molecule has 0 bridgehead atoms. The molecule has 1 rings (SSSR count). The van der Waals surface area contributed by atoms with Gasteiger partial charge in [0.15, 0.2) is 9.84 Å². The van der Waals surface area contributed by atoms with Gasteiger partial charge in [0.2, 0.25) is 0 Å². The molecule has 0 aromatic heterocycles. The summed E-state index contributed by atoms with van der Waals surface area (Å²) in [6.45, 7) is 5.13. The van der Waals surface area contributed by atoms with Crippen molar-refractivity contribution in [3.05, 3.63) is 0 Å². The first-order valence-electron chi connectivity index (χ1n) is 6.19. The molecule has 1 saturated heterocycles. The Hall–Kier alpha value is -0.660. The Kier molecular flexibility index (Phi) is 6.04. The van der Waals surface area contributed by atoms with Crippen LogP contribution < -0.4 is 5.32 Å². The molecule has 0 spiro atoms. The van der Waals surface area contributed by atoms with Crippen LogP contribution in [0.15, 0.2) is 0 Å². The highest BCUT2D eigenvalue weighted by atomic mass is 32.2. The molecular formula is C11H21NO5S. The van der Waals surface area contributed by atoms with E-state index in [1.165, 1.54) is 0 Å². The Morgan fingerprint density at radius 1 is 1.44 bits per heavy atom. The van der Waals surface area contributed by atoms with Gasteiger partial charge in [0.25, 0.3) is 0 Å². The first-order valence-corrected chi connectivity index (χ1v) is 7.91. The van der Waals surface area contributed by atoms with E-state index < -0.39 is 26.8 Å². The van der Waals surface area contributed by atoms with Crippen LogP contribution in [-0.2, 0) is 24.1 Å². The second-order valence-corrected chi connectivity index (χ2v) is 6.40. The van der Waals surface area contributed by atoms with E-state index in [4.69, 9.17) is 4.74 Å². The maximum atomic E-state index is 12.1. The van der Waals surface area contributed by atoms with Gasteiger partial charge in [-0.3, -0.25) is 4.79 Å². The van der Waals surface area contributed by atoms with E-state index in [1.54, 1.807) is 6.92 Å². The van der Waals surface area contributed by atoms with E-state index in [0.717, 1.165) is 0 Å². The van der Waals surface area contributed by atoms with Gasteiger partial charge in [0.05, 0.1) is 13.2 Å². The van der Waals surface area contributed by atoms with Gasteiger partial charge >= 0.3 is 5.97 Å². The summed E-state index contributed by atoms with van der Waals surface area (Å²) in [5.41, 5.74) is 0. The minimum Gasteiger partial charge on any atom is -0.465 e. The van der Waals surface area contributed by atoms with Crippen molar-refractivity contribution in [1.29, 1.82) is 0 Å². The summed E-state index contributed by atoms with van der Waals surface area (Å²) in [4.78, 5) is 11.3. The third kappa shape index (κ3) is 4.22. The van der Waals surface area contributed by atoms with Crippen LogP contribution in [0.1, 0.15) is 20.3 Å². The summed E-state index contributed by atoms with van der Waals surface area (Å²) in [7, 11) is -3.54. The summed E-state index contributed by atoms with van der Waals surface area (Å²) >= 11 is 0. The highest BCUT2D eigenvalue weighted by Gasteiger charge is 2.37. The summed E-state index contributed by atoms with van der Waals surface area (Å²) in [5.74, 6) is -1.27. The Morgan fingerprint density at radius 3 is 2.78 bits per heavy atom. The Morgan fingerprint density at radius 2 is 2.17 bits per heavy atom. The van der Waals surface area contributed by atoms with Crippen LogP contribution in [0.4, 0.5) is 0 Å². The predicted molar refractivity (Wildman–Crippen MR) is 67.1 cm³/mol. The standard InChI is InChI=1S/C11H21NO5S/c1-3-12-9-5-6-16-7-10(9)18(14,15)8-11(13)17-4-2/h9-10,12H,3-8H2,1-2H3. The number of esters is 1. The fourth-order valence-electron chi connectivity index (χ4n) is 2.04. The van der Waals surface area contributed by atoms with Gasteiger partial charge in [-0.2, -0.15) is 0 Å². The van der Waals surface area contributed by atoms with Crippen LogP contribution in [0, 0.1) is 0 Å². The van der Waals surface area contributed by atoms with E-state index in [1.807, 2.05) is 6.92 Å². The normalized spacial score (nSPS) is 24.8. The Labute approximate surface area is 108 Å². The van der Waals surface area contributed by atoms with Gasteiger partial charge in [0, 0.05) is 12.6 Å². The van der Waals surface area contributed by atoms with Gasteiger partial charge < -0.3 is 14.8 Å². The fourth-order valence-corrected chi connectivity index (χ4v) is 3.70. The van der Waals surface area contributed by atoms with Crippen molar-refractivity contribution in [3.63, 3.8) is 0 Å². The topological polar surface area (TPSA) is 81.7 Å². The molecule has 0 aromatic rings. The molecule has 18 heavy (non-hydrogen) atoms. The number of ether oxygens (including phenoxy) is 2. The van der Waals surface area contributed by atoms with Crippen molar-refractivity contribution in [2.75, 3.05) is 32.1 Å². The lowest BCUT2D eigenvalue weighted by molar-refractivity contribution is -0.139. The number of carbonyl (C=O) groups excluding carboxylic acids is 1. The monoisotopic (exact) mass is 279 g/mol. The molecule has 0 aliphatic carbocycles. The summed E-state index contributed by atoms with van der Waals surface area (Å²) in [6, 6.07) is -0.150. The molecule has 2 atom stereocenters. The van der Waals surface area contributed by atoms with Crippen LogP contribution in [0.2, 0.25) is 0 Å². The average Bonchev–Trinajstić information content (AvgIpc) is 2.29. The molecule has 1 aliphatic heterocycles. The van der Waals surface area contributed by atoms with E-state index in [-0.39, 0.29) is 19.3 Å². The van der Waals surface area contributed by atoms with Crippen LogP contribution in [-0.4, -0.2) is 57.8 Å². The average molecular weight is 279 g/mol. The predicted octanol–water partition coefficient (Wildman–Crippen LogP) is -0.269. The maximum Gasteiger partial charge on any atom is 0.321 e. The van der Waals surface area contributed by atoms with E-state index in [2.05, 4.69) is 10.1 Å². The molecule has 1 heterocycles. The number of hydrogen-bond donors (Lipinski definition) is 1. The smallest absolute Gasteiger partial charge is 0.321 e. The summed E-state index contributed by atoms with van der Waals surface area (Å²) in [6.07, 6.45) is 0.639. The highest BCUT2D eigenvalue weighted by Crippen LogP contribution is 2.17. The van der Waals surface area contributed by atoms with Gasteiger partial charge in [-0.05, 0) is 19.9 Å². The van der Waals surface area contributed by atoms with Crippen LogP contribution in [0.5, 0.6) is 0 Å². The van der Waals surface area contributed by atoms with Crippen molar-refractivity contribution in [3.8, 4) is 0 Å². The summed E-state index contributed by atoms with van der Waals surface area (Å²) < 4.78 is 34.2. The van der Waals surface area contributed by atoms with Crippen molar-refractivity contribution in [2.45, 2.75) is 31.6 Å². The quantitative estimate of drug-likeness (QED) is 0.674. The number of hydrogen-bond acceptors (Lipinski definition) is 6. The molecule has 0 saturated carbocycles. The minimum absolute atomic E-state index is 0.138. The van der Waals surface area contributed by atoms with Crippen molar-refractivity contribution in [2.24, 2.45) is 0 Å². The summed E-state index contributed by atoms with van der Waals surface area (Å²) in [5, 5.41) is 2.46. The Balaban J connectivity index is 2.71. The molecule has 0 radical (unpaired) electrons. The lowest BCUT2D eigenvalue weighted by atomic mass is 10.1. The van der Waals surface area contributed by atoms with E-state index >= 15 is 0 Å². The SMILES string of the molecule is CCNC1CCOCC1S(=O)(=O)CC(=O)OCC. The Bertz CT molecular complexity index is 366. The van der Waals surface area contributed by atoms with Crippen LogP contribution in [0.3, 0.4) is 0 Å². The molecule has 6 nitrogen and oxygen atoms in total. The van der Waals surface area contributed by atoms with Crippen molar-refractivity contribution >= 4 is 15.8 Å². The molecule has 1 aliphatic rings. The zero-order chi connectivity index (χ0) is 13.6. The molecule has 1 fully saturated rings. The maximum absolute atomic E-state index is 12.1. The van der Waals surface area contributed by atoms with Crippen molar-refractivity contribution in [1.82, 2.24) is 5.32 Å². The third-order valence-electron chi connectivity index (χ3n) is 2.86. The molecule has 0 amide bonds. The number of rotatable bonds is 6. The zero-order valence-corrected chi connectivity index (χ0v) is 11.7. The first-order chi connectivity index (χ1) is 8.51. The number of carbonyl (C=O) groups is 1. The largest absolute Gasteiger partial charge is 0.465 e. The van der Waals surface area contributed by atoms with Gasteiger partial charge in [-0.25, -0.2) is 8.42 Å². The lowest BCUT2D eigenvalue weighted by Crippen LogP contribution is -2.51. The fraction of sp³-hybridized carbons (Fsp3) is 0.909. The second kappa shape index (κ2) is 7.06. The number of sulfone groups is 1. The van der Waals surface area contributed by atoms with Crippen LogP contribution >= 0.6 is 0 Å². The third-order valence-corrected chi connectivity index (χ3v) is 4.88. The van der Waals surface area contributed by atoms with Crippen molar-refractivity contribution < 1.29 is 22.7 Å². The first kappa shape index (κ1) is 15.4. The van der Waals surface area contributed by atoms with Gasteiger partial charge in [-0.15, -0.1) is 0 Å². The van der Waals surface area contributed by atoms with E-state index in [9.17, 15) is 13.2 Å². The molecule has 0 aromatic carbocycles. The minimum atomic E-state index is -3.54. The van der Waals surface area contributed by atoms with Crippen LogP contribution in [0.25, 0.3) is 0 Å². The highest BCUT2D eigenvalue weighted by molar-refractivity contribution is 7.92. The second-order valence-electron chi connectivity index (χ2n) is 4.18. The van der Waals surface area contributed by atoms with Gasteiger partial charge in [0.1, 0.15) is 11.0 Å². The molecule has 2 unspecified atom stereocenters. The molecular weight excluding hydrogens is 258 g/mol. The van der Waals surface area contributed by atoms with Gasteiger partial charge in [-0.1, -0.05) is 6.92 Å². The zero-order valence-electron chi connectivity index (χ0n) is 10.8.